The van der Waals surface area contributed by atoms with Crippen LogP contribution in [0.15, 0.2) is 12.1 Å². The number of amides is 1. The normalized spacial score (nSPS) is 18.7. The van der Waals surface area contributed by atoms with E-state index in [4.69, 9.17) is 26.8 Å². The van der Waals surface area contributed by atoms with Gasteiger partial charge in [0.05, 0.1) is 35.5 Å². The summed E-state index contributed by atoms with van der Waals surface area (Å²) in [6, 6.07) is 3.01. The minimum atomic E-state index is -0.244. The highest BCUT2D eigenvalue weighted by Gasteiger charge is 2.25. The third-order valence-electron chi connectivity index (χ3n) is 3.44. The van der Waals surface area contributed by atoms with E-state index in [1.54, 1.807) is 6.07 Å². The molecule has 0 spiro atoms. The fourth-order valence-electron chi connectivity index (χ4n) is 2.29. The summed E-state index contributed by atoms with van der Waals surface area (Å²) in [6.45, 7) is 2.68. The molecule has 118 valence electrons. The van der Waals surface area contributed by atoms with Crippen LogP contribution < -0.4 is 15.8 Å². The number of nitrogens with one attached hydrogen (secondary N) is 1. The van der Waals surface area contributed by atoms with Crippen LogP contribution in [0.5, 0.6) is 5.75 Å². The maximum absolute atomic E-state index is 12.3. The van der Waals surface area contributed by atoms with Gasteiger partial charge < -0.3 is 20.5 Å². The molecule has 0 aliphatic carbocycles. The fraction of sp³-hybridized carbons (Fsp3) is 0.500. The molecule has 0 bridgehead atoms. The number of anilines is 1. The Morgan fingerprint density at radius 1 is 1.57 bits per heavy atom. The van der Waals surface area contributed by atoms with Gasteiger partial charge in [0, 0.05) is 12.7 Å². The highest BCUT2D eigenvalue weighted by molar-refractivity contribution is 6.33. The molecule has 0 aromatic heterocycles. The number of nitrogen functional groups attached to an aromatic ring is 1. The number of methoxy groups -OCH3 is 1. The van der Waals surface area contributed by atoms with Gasteiger partial charge in [0.2, 0.25) is 0 Å². The summed E-state index contributed by atoms with van der Waals surface area (Å²) < 4.78 is 10.7. The van der Waals surface area contributed by atoms with Gasteiger partial charge in [-0.1, -0.05) is 11.6 Å². The Morgan fingerprint density at radius 2 is 2.29 bits per heavy atom. The van der Waals surface area contributed by atoms with E-state index in [0.29, 0.717) is 22.0 Å². The standard InChI is InChI=1S/C14H19ClN2O3.ClH/c1-8(12-4-3-5-20-12)17-14(18)9-6-10(15)11(16)7-13(9)19-2;/h6-8,12H,3-5,16H2,1-2H3,(H,17,18);1H. The molecule has 7 heteroatoms. The molecule has 1 saturated heterocycles. The van der Waals surface area contributed by atoms with Crippen LogP contribution in [0.4, 0.5) is 5.69 Å². The van der Waals surface area contributed by atoms with Crippen LogP contribution in [0, 0.1) is 0 Å². The van der Waals surface area contributed by atoms with E-state index in [-0.39, 0.29) is 30.5 Å². The maximum Gasteiger partial charge on any atom is 0.255 e. The van der Waals surface area contributed by atoms with Crippen molar-refractivity contribution >= 4 is 35.6 Å². The number of carbonyl (C=O) groups excluding carboxylic acids is 1. The van der Waals surface area contributed by atoms with Gasteiger partial charge in [-0.2, -0.15) is 0 Å². The number of ether oxygens (including phenoxy) is 2. The number of rotatable bonds is 4. The van der Waals surface area contributed by atoms with Gasteiger partial charge in [-0.3, -0.25) is 4.79 Å². The third-order valence-corrected chi connectivity index (χ3v) is 3.77. The van der Waals surface area contributed by atoms with E-state index in [1.165, 1.54) is 13.2 Å². The van der Waals surface area contributed by atoms with Crippen LogP contribution >= 0.6 is 24.0 Å². The smallest absolute Gasteiger partial charge is 0.255 e. The van der Waals surface area contributed by atoms with E-state index in [0.717, 1.165) is 19.4 Å². The molecule has 2 atom stereocenters. The van der Waals surface area contributed by atoms with Gasteiger partial charge in [0.15, 0.2) is 0 Å². The summed E-state index contributed by atoms with van der Waals surface area (Å²) in [5, 5.41) is 3.25. The highest BCUT2D eigenvalue weighted by atomic mass is 35.5. The number of benzene rings is 1. The minimum Gasteiger partial charge on any atom is -0.496 e. The Kier molecular flexibility index (Phi) is 6.58. The summed E-state index contributed by atoms with van der Waals surface area (Å²) >= 11 is 5.97. The lowest BCUT2D eigenvalue weighted by Gasteiger charge is -2.20. The number of halogens is 2. The van der Waals surface area contributed by atoms with E-state index in [2.05, 4.69) is 5.32 Å². The molecule has 0 saturated carbocycles. The SMILES string of the molecule is COc1cc(N)c(Cl)cc1C(=O)NC(C)C1CCCO1.Cl. The molecule has 1 aliphatic heterocycles. The average Bonchev–Trinajstić information content (AvgIpc) is 2.95. The Morgan fingerprint density at radius 3 is 2.86 bits per heavy atom. The molecule has 2 rings (SSSR count). The number of nitrogens with two attached hydrogens (primary N) is 1. The molecule has 1 aromatic rings. The largest absolute Gasteiger partial charge is 0.496 e. The molecule has 2 unspecified atom stereocenters. The first-order valence-corrected chi connectivity index (χ1v) is 6.96. The zero-order valence-corrected chi connectivity index (χ0v) is 13.6. The molecular weight excluding hydrogens is 315 g/mol. The van der Waals surface area contributed by atoms with E-state index < -0.39 is 0 Å². The van der Waals surface area contributed by atoms with Crippen molar-refractivity contribution in [3.8, 4) is 5.75 Å². The van der Waals surface area contributed by atoms with Crippen LogP contribution in [0.3, 0.4) is 0 Å². The van der Waals surface area contributed by atoms with Crippen molar-refractivity contribution in [1.82, 2.24) is 5.32 Å². The second-order valence-electron chi connectivity index (χ2n) is 4.89. The molecule has 3 N–H and O–H groups in total. The predicted octanol–water partition coefficient (Wildman–Crippen LogP) is 2.65. The van der Waals surface area contributed by atoms with Gasteiger partial charge in [-0.25, -0.2) is 0 Å². The Bertz CT molecular complexity index is 505. The highest BCUT2D eigenvalue weighted by Crippen LogP contribution is 2.29. The first-order valence-electron chi connectivity index (χ1n) is 6.58. The number of hydrogen-bond donors (Lipinski definition) is 2. The number of hydrogen-bond acceptors (Lipinski definition) is 4. The van der Waals surface area contributed by atoms with Crippen molar-refractivity contribution in [1.29, 1.82) is 0 Å². The van der Waals surface area contributed by atoms with Crippen LogP contribution in [-0.4, -0.2) is 31.8 Å². The van der Waals surface area contributed by atoms with Crippen molar-refractivity contribution < 1.29 is 14.3 Å². The van der Waals surface area contributed by atoms with Gasteiger partial charge in [-0.15, -0.1) is 12.4 Å². The minimum absolute atomic E-state index is 0. The lowest BCUT2D eigenvalue weighted by Crippen LogP contribution is -2.40. The van der Waals surface area contributed by atoms with E-state index in [1.807, 2.05) is 6.92 Å². The van der Waals surface area contributed by atoms with Gasteiger partial charge in [0.1, 0.15) is 5.75 Å². The lowest BCUT2D eigenvalue weighted by molar-refractivity contribution is 0.0710. The Balaban J connectivity index is 0.00000220. The Labute approximate surface area is 135 Å². The van der Waals surface area contributed by atoms with Gasteiger partial charge in [-0.05, 0) is 25.8 Å². The van der Waals surface area contributed by atoms with E-state index in [9.17, 15) is 4.79 Å². The molecule has 5 nitrogen and oxygen atoms in total. The van der Waals surface area contributed by atoms with Crippen LogP contribution in [0.1, 0.15) is 30.1 Å². The molecule has 21 heavy (non-hydrogen) atoms. The number of carbonyl (C=O) groups is 1. The Hall–Kier alpha value is -1.17. The lowest BCUT2D eigenvalue weighted by atomic mass is 10.1. The zero-order valence-electron chi connectivity index (χ0n) is 12.0. The first kappa shape index (κ1) is 17.9. The van der Waals surface area contributed by atoms with Gasteiger partial charge >= 0.3 is 0 Å². The average molecular weight is 335 g/mol. The summed E-state index contributed by atoms with van der Waals surface area (Å²) in [5.41, 5.74) is 6.46. The van der Waals surface area contributed by atoms with E-state index >= 15 is 0 Å². The quantitative estimate of drug-likeness (QED) is 0.830. The van der Waals surface area contributed by atoms with Crippen molar-refractivity contribution in [2.24, 2.45) is 0 Å². The molecule has 1 aliphatic rings. The summed E-state index contributed by atoms with van der Waals surface area (Å²) in [5.74, 6) is 0.163. The molecular formula is C14H20Cl2N2O3. The van der Waals surface area contributed by atoms with Gasteiger partial charge in [0.25, 0.3) is 5.91 Å². The second kappa shape index (κ2) is 7.73. The molecule has 1 heterocycles. The fourth-order valence-corrected chi connectivity index (χ4v) is 2.45. The maximum atomic E-state index is 12.3. The van der Waals surface area contributed by atoms with Crippen LogP contribution in [0.25, 0.3) is 0 Å². The van der Waals surface area contributed by atoms with Crippen LogP contribution in [0.2, 0.25) is 5.02 Å². The molecule has 1 amide bonds. The molecule has 1 aromatic carbocycles. The third kappa shape index (κ3) is 4.15. The van der Waals surface area contributed by atoms with Crippen LogP contribution in [-0.2, 0) is 4.74 Å². The van der Waals surface area contributed by atoms with Crippen molar-refractivity contribution in [3.05, 3.63) is 22.7 Å². The topological polar surface area (TPSA) is 73.6 Å². The predicted molar refractivity (Wildman–Crippen MR) is 85.6 cm³/mol. The zero-order chi connectivity index (χ0) is 14.7. The second-order valence-corrected chi connectivity index (χ2v) is 5.29. The first-order chi connectivity index (χ1) is 9.52. The van der Waals surface area contributed by atoms with Crippen molar-refractivity contribution in [3.63, 3.8) is 0 Å². The summed E-state index contributed by atoms with van der Waals surface area (Å²) in [6.07, 6.45) is 2.05. The molecule has 0 radical (unpaired) electrons. The monoisotopic (exact) mass is 334 g/mol. The van der Waals surface area contributed by atoms with Crippen molar-refractivity contribution in [2.75, 3.05) is 19.5 Å². The van der Waals surface area contributed by atoms with Crippen molar-refractivity contribution in [2.45, 2.75) is 31.9 Å². The summed E-state index contributed by atoms with van der Waals surface area (Å²) in [7, 11) is 1.49. The summed E-state index contributed by atoms with van der Waals surface area (Å²) in [4.78, 5) is 12.3. The molecule has 1 fully saturated rings.